The van der Waals surface area contributed by atoms with Crippen molar-refractivity contribution in [1.82, 2.24) is 10.3 Å². The van der Waals surface area contributed by atoms with Gasteiger partial charge in [0.1, 0.15) is 10.8 Å². The third-order valence-corrected chi connectivity index (χ3v) is 4.06. The highest BCUT2D eigenvalue weighted by atomic mass is 32.1. The molecule has 4 heteroatoms. The summed E-state index contributed by atoms with van der Waals surface area (Å²) in [6, 6.07) is 6.50. The normalized spacial score (nSPS) is 12.4. The molecule has 19 heavy (non-hydrogen) atoms. The molecule has 0 aliphatic carbocycles. The van der Waals surface area contributed by atoms with Crippen molar-refractivity contribution in [3.63, 3.8) is 0 Å². The van der Waals surface area contributed by atoms with Crippen LogP contribution in [0.5, 0.6) is 5.75 Å². The third kappa shape index (κ3) is 3.14. The summed E-state index contributed by atoms with van der Waals surface area (Å²) in [6.45, 7) is 6.87. The summed E-state index contributed by atoms with van der Waals surface area (Å²) in [5.74, 6) is 0.905. The number of aryl methyl sites for hydroxylation is 1. The molecule has 0 amide bonds. The van der Waals surface area contributed by atoms with E-state index in [0.717, 1.165) is 22.0 Å². The number of aromatic nitrogens is 1. The summed E-state index contributed by atoms with van der Waals surface area (Å²) >= 11 is 1.68. The Balaban J connectivity index is 2.40. The molecule has 0 aliphatic rings. The number of nitrogens with zero attached hydrogens (tertiary/aromatic N) is 1. The van der Waals surface area contributed by atoms with E-state index in [1.807, 2.05) is 20.0 Å². The maximum absolute atomic E-state index is 5.69. The molecular weight excluding hydrogens is 256 g/mol. The highest BCUT2D eigenvalue weighted by Crippen LogP contribution is 2.33. The molecule has 1 unspecified atom stereocenters. The number of hydrogen-bond donors (Lipinski definition) is 1. The van der Waals surface area contributed by atoms with Gasteiger partial charge in [0.05, 0.1) is 18.3 Å². The van der Waals surface area contributed by atoms with Crippen LogP contribution < -0.4 is 10.1 Å². The Morgan fingerprint density at radius 3 is 2.89 bits per heavy atom. The van der Waals surface area contributed by atoms with Gasteiger partial charge in [0.15, 0.2) is 0 Å². The van der Waals surface area contributed by atoms with Crippen LogP contribution in [0.2, 0.25) is 0 Å². The summed E-state index contributed by atoms with van der Waals surface area (Å²) < 4.78 is 5.69. The van der Waals surface area contributed by atoms with Crippen LogP contribution in [0, 0.1) is 6.92 Å². The zero-order chi connectivity index (χ0) is 13.8. The van der Waals surface area contributed by atoms with Gasteiger partial charge in [0.2, 0.25) is 0 Å². The Bertz CT molecular complexity index is 551. The van der Waals surface area contributed by atoms with Gasteiger partial charge in [-0.3, -0.25) is 0 Å². The van der Waals surface area contributed by atoms with Crippen molar-refractivity contribution in [2.75, 3.05) is 13.7 Å². The Morgan fingerprint density at radius 2 is 2.21 bits per heavy atom. The average molecular weight is 276 g/mol. The quantitative estimate of drug-likeness (QED) is 0.902. The fourth-order valence-electron chi connectivity index (χ4n) is 1.86. The highest BCUT2D eigenvalue weighted by Gasteiger charge is 2.13. The molecule has 2 rings (SSSR count). The van der Waals surface area contributed by atoms with Crippen molar-refractivity contribution >= 4 is 11.3 Å². The first-order valence-corrected chi connectivity index (χ1v) is 7.40. The average Bonchev–Trinajstić information content (AvgIpc) is 2.89. The monoisotopic (exact) mass is 276 g/mol. The largest absolute Gasteiger partial charge is 0.493 e. The molecular formula is C15H20N2OS. The summed E-state index contributed by atoms with van der Waals surface area (Å²) in [5.41, 5.74) is 3.29. The Hall–Kier alpha value is -1.39. The molecule has 102 valence electrons. The molecule has 3 nitrogen and oxygen atoms in total. The third-order valence-electron chi connectivity index (χ3n) is 3.04. The minimum atomic E-state index is 0.277. The maximum atomic E-state index is 5.69. The van der Waals surface area contributed by atoms with Gasteiger partial charge in [-0.25, -0.2) is 4.98 Å². The summed E-state index contributed by atoms with van der Waals surface area (Å²) in [5, 5.41) is 6.41. The van der Waals surface area contributed by atoms with E-state index in [-0.39, 0.29) is 6.04 Å². The minimum Gasteiger partial charge on any atom is -0.493 e. The lowest BCUT2D eigenvalue weighted by molar-refractivity contribution is 0.341. The molecule has 1 atom stereocenters. The first-order chi connectivity index (χ1) is 9.15. The Morgan fingerprint density at radius 1 is 1.42 bits per heavy atom. The second-order valence-corrected chi connectivity index (χ2v) is 5.40. The van der Waals surface area contributed by atoms with E-state index in [1.54, 1.807) is 11.3 Å². The molecule has 1 aromatic heterocycles. The van der Waals surface area contributed by atoms with E-state index in [1.165, 1.54) is 5.56 Å². The minimum absolute atomic E-state index is 0.277. The van der Waals surface area contributed by atoms with Crippen molar-refractivity contribution in [2.24, 2.45) is 0 Å². The number of ether oxygens (including phenoxy) is 1. The Kier molecular flexibility index (Phi) is 4.56. The van der Waals surface area contributed by atoms with Crippen LogP contribution in [0.25, 0.3) is 11.3 Å². The van der Waals surface area contributed by atoms with E-state index in [4.69, 9.17) is 9.72 Å². The molecule has 0 spiro atoms. The van der Waals surface area contributed by atoms with Gasteiger partial charge < -0.3 is 10.1 Å². The molecule has 0 saturated heterocycles. The van der Waals surface area contributed by atoms with Gasteiger partial charge in [-0.1, -0.05) is 11.6 Å². The van der Waals surface area contributed by atoms with Gasteiger partial charge in [0, 0.05) is 10.9 Å². The van der Waals surface area contributed by atoms with Gasteiger partial charge in [-0.15, -0.1) is 11.3 Å². The molecule has 0 aliphatic heterocycles. The zero-order valence-electron chi connectivity index (χ0n) is 11.9. The van der Waals surface area contributed by atoms with Crippen LogP contribution >= 0.6 is 11.3 Å². The van der Waals surface area contributed by atoms with Crippen molar-refractivity contribution < 1.29 is 4.74 Å². The number of nitrogens with one attached hydrogen (secondary N) is 1. The molecule has 0 saturated carbocycles. The van der Waals surface area contributed by atoms with E-state index in [9.17, 15) is 0 Å². The topological polar surface area (TPSA) is 34.1 Å². The van der Waals surface area contributed by atoms with Gasteiger partial charge >= 0.3 is 0 Å². The van der Waals surface area contributed by atoms with Gasteiger partial charge in [0.25, 0.3) is 0 Å². The predicted octanol–water partition coefficient (Wildman–Crippen LogP) is 3.80. The van der Waals surface area contributed by atoms with Crippen LogP contribution in [0.15, 0.2) is 23.6 Å². The van der Waals surface area contributed by atoms with Crippen molar-refractivity contribution in [3.05, 3.63) is 34.2 Å². The molecule has 2 aromatic rings. The van der Waals surface area contributed by atoms with Gasteiger partial charge in [-0.05, 0) is 40.0 Å². The van der Waals surface area contributed by atoms with Crippen LogP contribution in [-0.2, 0) is 0 Å². The smallest absolute Gasteiger partial charge is 0.128 e. The Labute approximate surface area is 118 Å². The van der Waals surface area contributed by atoms with Crippen LogP contribution in [0.3, 0.4) is 0 Å². The molecule has 1 heterocycles. The van der Waals surface area contributed by atoms with Crippen LogP contribution in [0.1, 0.15) is 30.5 Å². The van der Waals surface area contributed by atoms with Crippen LogP contribution in [-0.4, -0.2) is 18.6 Å². The molecule has 1 N–H and O–H groups in total. The van der Waals surface area contributed by atoms with Crippen molar-refractivity contribution in [1.29, 1.82) is 0 Å². The fraction of sp³-hybridized carbons (Fsp3) is 0.400. The summed E-state index contributed by atoms with van der Waals surface area (Å²) in [7, 11) is 1.95. The van der Waals surface area contributed by atoms with E-state index < -0.39 is 0 Å². The second kappa shape index (κ2) is 6.17. The second-order valence-electron chi connectivity index (χ2n) is 4.51. The lowest BCUT2D eigenvalue weighted by atomic mass is 10.1. The molecule has 0 fully saturated rings. The lowest BCUT2D eigenvalue weighted by Gasteiger charge is -2.09. The first-order valence-electron chi connectivity index (χ1n) is 6.52. The summed E-state index contributed by atoms with van der Waals surface area (Å²) in [4.78, 5) is 4.71. The van der Waals surface area contributed by atoms with Crippen molar-refractivity contribution in [2.45, 2.75) is 26.8 Å². The highest BCUT2D eigenvalue weighted by molar-refractivity contribution is 7.10. The van der Waals surface area contributed by atoms with E-state index >= 15 is 0 Å². The number of benzene rings is 1. The predicted molar refractivity (Wildman–Crippen MR) is 80.9 cm³/mol. The molecule has 1 aromatic carbocycles. The van der Waals surface area contributed by atoms with Gasteiger partial charge in [-0.2, -0.15) is 0 Å². The summed E-state index contributed by atoms with van der Waals surface area (Å²) in [6.07, 6.45) is 0. The standard InChI is InChI=1S/C15H20N2OS/c1-5-18-14-7-6-10(2)8-12(14)13-9-19-15(17-13)11(3)16-4/h6-9,11,16H,5H2,1-4H3. The number of thiazole rings is 1. The number of rotatable bonds is 5. The van der Waals surface area contributed by atoms with E-state index in [0.29, 0.717) is 6.61 Å². The fourth-order valence-corrected chi connectivity index (χ4v) is 2.74. The number of hydrogen-bond acceptors (Lipinski definition) is 4. The SMILES string of the molecule is CCOc1ccc(C)cc1-c1csc(C(C)NC)n1. The lowest BCUT2D eigenvalue weighted by Crippen LogP contribution is -2.11. The maximum Gasteiger partial charge on any atom is 0.128 e. The van der Waals surface area contributed by atoms with Crippen LogP contribution in [0.4, 0.5) is 0 Å². The van der Waals surface area contributed by atoms with Crippen molar-refractivity contribution in [3.8, 4) is 17.0 Å². The molecule has 0 bridgehead atoms. The van der Waals surface area contributed by atoms with E-state index in [2.05, 4.69) is 36.7 Å². The zero-order valence-corrected chi connectivity index (χ0v) is 12.7. The first kappa shape index (κ1) is 14.0. The molecule has 0 radical (unpaired) electrons.